The second-order valence-corrected chi connectivity index (χ2v) is 6.85. The molecule has 1 fully saturated rings. The summed E-state index contributed by atoms with van der Waals surface area (Å²) in [7, 11) is 1.86. The van der Waals surface area contributed by atoms with E-state index in [0.29, 0.717) is 10.7 Å². The van der Waals surface area contributed by atoms with Crippen LogP contribution in [0.3, 0.4) is 0 Å². The number of benzene rings is 1. The van der Waals surface area contributed by atoms with Crippen LogP contribution in [0.5, 0.6) is 0 Å². The van der Waals surface area contributed by atoms with E-state index in [1.165, 1.54) is 5.56 Å². The lowest BCUT2D eigenvalue weighted by Crippen LogP contribution is -2.47. The predicted octanol–water partition coefficient (Wildman–Crippen LogP) is 3.87. The Morgan fingerprint density at radius 2 is 2.00 bits per heavy atom. The van der Waals surface area contributed by atoms with Crippen molar-refractivity contribution < 1.29 is 4.79 Å². The number of carbonyl (C=O) groups is 1. The molecule has 116 valence electrons. The molecule has 0 aliphatic carbocycles. The normalized spacial score (nSPS) is 21.9. The summed E-state index contributed by atoms with van der Waals surface area (Å²) in [5.41, 5.74) is 1.98. The molecule has 1 atom stereocenters. The summed E-state index contributed by atoms with van der Waals surface area (Å²) in [5, 5.41) is 0.605. The van der Waals surface area contributed by atoms with Gasteiger partial charge in [0.05, 0.1) is 5.02 Å². The van der Waals surface area contributed by atoms with Gasteiger partial charge in [0, 0.05) is 31.7 Å². The Labute approximate surface area is 136 Å². The summed E-state index contributed by atoms with van der Waals surface area (Å²) in [6.45, 7) is 3.81. The van der Waals surface area contributed by atoms with E-state index in [2.05, 4.69) is 31.2 Å². The van der Waals surface area contributed by atoms with Crippen molar-refractivity contribution in [1.29, 1.82) is 0 Å². The molecule has 0 spiro atoms. The van der Waals surface area contributed by atoms with Crippen molar-refractivity contribution in [2.75, 3.05) is 13.1 Å². The number of likely N-dealkylation sites (tertiary alicyclic amines) is 1. The molecule has 2 aromatic rings. The topological polar surface area (TPSA) is 25.2 Å². The number of hydrogen-bond donors (Lipinski definition) is 0. The molecule has 3 nitrogen and oxygen atoms in total. The number of hydrogen-bond acceptors (Lipinski definition) is 1. The third-order valence-electron chi connectivity index (χ3n) is 4.65. The highest BCUT2D eigenvalue weighted by Crippen LogP contribution is 2.34. The fourth-order valence-corrected chi connectivity index (χ4v) is 3.64. The van der Waals surface area contributed by atoms with E-state index in [9.17, 15) is 4.79 Å². The minimum atomic E-state index is 0.0180. The summed E-state index contributed by atoms with van der Waals surface area (Å²) in [4.78, 5) is 14.8. The SMILES string of the molecule is Cn1cc(Cl)cc1C(=O)N1CCC[C@@](C)(c2ccccc2)C1. The molecule has 1 aromatic carbocycles. The van der Waals surface area contributed by atoms with Gasteiger partial charge >= 0.3 is 0 Å². The first-order valence-electron chi connectivity index (χ1n) is 7.66. The van der Waals surface area contributed by atoms with E-state index in [1.54, 1.807) is 16.8 Å². The van der Waals surface area contributed by atoms with Crippen LogP contribution in [0.4, 0.5) is 0 Å². The monoisotopic (exact) mass is 316 g/mol. The lowest BCUT2D eigenvalue weighted by atomic mass is 9.76. The first kappa shape index (κ1) is 15.2. The smallest absolute Gasteiger partial charge is 0.270 e. The van der Waals surface area contributed by atoms with E-state index < -0.39 is 0 Å². The quantitative estimate of drug-likeness (QED) is 0.825. The fourth-order valence-electron chi connectivity index (χ4n) is 3.39. The standard InChI is InChI=1S/C18H21ClN2O/c1-18(14-7-4-3-5-8-14)9-6-10-21(13-18)17(22)16-11-15(19)12-20(16)2/h3-5,7-8,11-12H,6,9-10,13H2,1-2H3/t18-/m1/s1. The van der Waals surface area contributed by atoms with Crippen molar-refractivity contribution in [3.63, 3.8) is 0 Å². The van der Waals surface area contributed by atoms with Crippen LogP contribution in [-0.4, -0.2) is 28.5 Å². The second kappa shape index (κ2) is 5.81. The van der Waals surface area contributed by atoms with Gasteiger partial charge in [-0.25, -0.2) is 0 Å². The maximum Gasteiger partial charge on any atom is 0.270 e. The van der Waals surface area contributed by atoms with Crippen molar-refractivity contribution in [2.45, 2.75) is 25.2 Å². The Morgan fingerprint density at radius 3 is 2.64 bits per heavy atom. The molecular formula is C18H21ClN2O. The molecule has 0 radical (unpaired) electrons. The van der Waals surface area contributed by atoms with Crippen LogP contribution in [0, 0.1) is 0 Å². The van der Waals surface area contributed by atoms with E-state index in [0.717, 1.165) is 25.9 Å². The Kier molecular flexibility index (Phi) is 4.00. The number of rotatable bonds is 2. The molecular weight excluding hydrogens is 296 g/mol. The number of carbonyl (C=O) groups excluding carboxylic acids is 1. The molecule has 2 heterocycles. The maximum atomic E-state index is 12.8. The molecule has 0 unspecified atom stereocenters. The number of nitrogens with zero attached hydrogens (tertiary/aromatic N) is 2. The van der Waals surface area contributed by atoms with Gasteiger partial charge in [-0.05, 0) is 24.5 Å². The van der Waals surface area contributed by atoms with Gasteiger partial charge in [-0.1, -0.05) is 48.9 Å². The molecule has 1 aliphatic rings. The van der Waals surface area contributed by atoms with Crippen LogP contribution in [0.2, 0.25) is 5.02 Å². The minimum Gasteiger partial charge on any atom is -0.345 e. The first-order chi connectivity index (χ1) is 10.5. The molecule has 0 bridgehead atoms. The third-order valence-corrected chi connectivity index (χ3v) is 4.85. The van der Waals surface area contributed by atoms with Crippen LogP contribution >= 0.6 is 11.6 Å². The summed E-state index contributed by atoms with van der Waals surface area (Å²) in [6, 6.07) is 12.2. The second-order valence-electron chi connectivity index (χ2n) is 6.41. The minimum absolute atomic E-state index is 0.0180. The summed E-state index contributed by atoms with van der Waals surface area (Å²) in [5.74, 6) is 0.0660. The summed E-state index contributed by atoms with van der Waals surface area (Å²) >= 11 is 6.01. The third kappa shape index (κ3) is 2.78. The van der Waals surface area contributed by atoms with Gasteiger partial charge in [-0.15, -0.1) is 0 Å². The van der Waals surface area contributed by atoms with Crippen LogP contribution in [0.25, 0.3) is 0 Å². The zero-order valence-corrected chi connectivity index (χ0v) is 13.8. The summed E-state index contributed by atoms with van der Waals surface area (Å²) < 4.78 is 1.80. The van der Waals surface area contributed by atoms with Crippen molar-refractivity contribution in [3.8, 4) is 0 Å². The van der Waals surface area contributed by atoms with Crippen LogP contribution in [-0.2, 0) is 12.5 Å². The van der Waals surface area contributed by atoms with Crippen LogP contribution in [0.15, 0.2) is 42.6 Å². The largest absolute Gasteiger partial charge is 0.345 e. The average Bonchev–Trinajstić information content (AvgIpc) is 2.86. The number of aryl methyl sites for hydroxylation is 1. The van der Waals surface area contributed by atoms with E-state index in [1.807, 2.05) is 18.0 Å². The highest BCUT2D eigenvalue weighted by molar-refractivity contribution is 6.31. The molecule has 1 aromatic heterocycles. The van der Waals surface area contributed by atoms with Gasteiger partial charge in [0.15, 0.2) is 0 Å². The number of aromatic nitrogens is 1. The Balaban J connectivity index is 1.84. The van der Waals surface area contributed by atoms with Gasteiger partial charge in [0.2, 0.25) is 0 Å². The van der Waals surface area contributed by atoms with E-state index >= 15 is 0 Å². The maximum absolute atomic E-state index is 12.8. The van der Waals surface area contributed by atoms with Crippen molar-refractivity contribution in [3.05, 3.63) is 58.9 Å². The molecule has 1 saturated heterocycles. The van der Waals surface area contributed by atoms with Gasteiger partial charge in [0.1, 0.15) is 5.69 Å². The lowest BCUT2D eigenvalue weighted by Gasteiger charge is -2.41. The van der Waals surface area contributed by atoms with Crippen molar-refractivity contribution >= 4 is 17.5 Å². The molecule has 1 amide bonds. The summed E-state index contributed by atoms with van der Waals surface area (Å²) in [6.07, 6.45) is 3.90. The van der Waals surface area contributed by atoms with Crippen molar-refractivity contribution in [1.82, 2.24) is 9.47 Å². The average molecular weight is 317 g/mol. The fraction of sp³-hybridized carbons (Fsp3) is 0.389. The van der Waals surface area contributed by atoms with Crippen molar-refractivity contribution in [2.24, 2.45) is 7.05 Å². The molecule has 22 heavy (non-hydrogen) atoms. The highest BCUT2D eigenvalue weighted by Gasteiger charge is 2.35. The Morgan fingerprint density at radius 1 is 1.27 bits per heavy atom. The van der Waals surface area contributed by atoms with Gasteiger partial charge in [-0.3, -0.25) is 4.79 Å². The van der Waals surface area contributed by atoms with Crippen LogP contribution in [0.1, 0.15) is 35.8 Å². The Hall–Kier alpha value is -1.74. The number of amides is 1. The number of halogens is 1. The molecule has 0 saturated carbocycles. The van der Waals surface area contributed by atoms with Gasteiger partial charge in [-0.2, -0.15) is 0 Å². The van der Waals surface area contributed by atoms with E-state index in [4.69, 9.17) is 11.6 Å². The predicted molar refractivity (Wildman–Crippen MR) is 89.4 cm³/mol. The highest BCUT2D eigenvalue weighted by atomic mass is 35.5. The molecule has 4 heteroatoms. The molecule has 1 aliphatic heterocycles. The lowest BCUT2D eigenvalue weighted by molar-refractivity contribution is 0.0641. The van der Waals surface area contributed by atoms with Crippen LogP contribution < -0.4 is 0 Å². The number of piperidine rings is 1. The first-order valence-corrected chi connectivity index (χ1v) is 8.04. The molecule has 0 N–H and O–H groups in total. The van der Waals surface area contributed by atoms with Gasteiger partial charge in [0.25, 0.3) is 5.91 Å². The molecule has 3 rings (SSSR count). The Bertz CT molecular complexity index is 680. The zero-order valence-electron chi connectivity index (χ0n) is 13.1. The van der Waals surface area contributed by atoms with E-state index in [-0.39, 0.29) is 11.3 Å². The zero-order chi connectivity index (χ0) is 15.7. The van der Waals surface area contributed by atoms with Gasteiger partial charge < -0.3 is 9.47 Å².